The minimum atomic E-state index is -0.0661. The SMILES string of the molecule is Cc1ccc(C(=O)CN(CC#N)CC#N)cc1C. The Morgan fingerprint density at radius 1 is 1.17 bits per heavy atom. The fourth-order valence-corrected chi connectivity index (χ4v) is 1.58. The van der Waals surface area contributed by atoms with Crippen LogP contribution in [0.4, 0.5) is 0 Å². The summed E-state index contributed by atoms with van der Waals surface area (Å²) in [6.45, 7) is 4.22. The molecule has 0 aliphatic heterocycles. The van der Waals surface area contributed by atoms with Crippen molar-refractivity contribution in [1.29, 1.82) is 10.5 Å². The van der Waals surface area contributed by atoms with Crippen molar-refractivity contribution in [2.45, 2.75) is 13.8 Å². The van der Waals surface area contributed by atoms with Crippen LogP contribution < -0.4 is 0 Å². The molecule has 0 aliphatic carbocycles. The predicted octanol–water partition coefficient (Wildman–Crippen LogP) is 1.84. The molecule has 1 aromatic carbocycles. The van der Waals surface area contributed by atoms with Gasteiger partial charge in [0.1, 0.15) is 0 Å². The molecule has 1 rings (SSSR count). The highest BCUT2D eigenvalue weighted by atomic mass is 16.1. The zero-order valence-electron chi connectivity index (χ0n) is 10.6. The highest BCUT2D eigenvalue weighted by Gasteiger charge is 2.12. The number of nitrogens with zero attached hydrogens (tertiary/aromatic N) is 3. The van der Waals surface area contributed by atoms with Gasteiger partial charge in [-0.2, -0.15) is 10.5 Å². The van der Waals surface area contributed by atoms with Gasteiger partial charge >= 0.3 is 0 Å². The molecule has 0 atom stereocenters. The Hall–Kier alpha value is -2.17. The number of hydrogen-bond acceptors (Lipinski definition) is 4. The second-order valence-corrected chi connectivity index (χ2v) is 4.18. The van der Waals surface area contributed by atoms with Gasteiger partial charge in [-0.15, -0.1) is 0 Å². The second-order valence-electron chi connectivity index (χ2n) is 4.18. The molecule has 0 N–H and O–H groups in total. The van der Waals surface area contributed by atoms with Gasteiger partial charge in [-0.25, -0.2) is 0 Å². The van der Waals surface area contributed by atoms with Crippen LogP contribution in [0.2, 0.25) is 0 Å². The zero-order valence-corrected chi connectivity index (χ0v) is 10.6. The lowest BCUT2D eigenvalue weighted by Crippen LogP contribution is -2.30. The van der Waals surface area contributed by atoms with Gasteiger partial charge in [0.05, 0.1) is 31.8 Å². The third-order valence-electron chi connectivity index (χ3n) is 2.78. The van der Waals surface area contributed by atoms with Crippen molar-refractivity contribution >= 4 is 5.78 Å². The number of carbonyl (C=O) groups is 1. The van der Waals surface area contributed by atoms with E-state index in [-0.39, 0.29) is 25.4 Å². The van der Waals surface area contributed by atoms with E-state index in [9.17, 15) is 4.79 Å². The van der Waals surface area contributed by atoms with Crippen molar-refractivity contribution in [3.05, 3.63) is 34.9 Å². The average Bonchev–Trinajstić information content (AvgIpc) is 2.33. The Morgan fingerprint density at radius 3 is 2.28 bits per heavy atom. The minimum Gasteiger partial charge on any atom is -0.293 e. The highest BCUT2D eigenvalue weighted by molar-refractivity contribution is 5.97. The van der Waals surface area contributed by atoms with E-state index in [1.54, 1.807) is 6.07 Å². The topological polar surface area (TPSA) is 67.9 Å². The van der Waals surface area contributed by atoms with Crippen molar-refractivity contribution < 1.29 is 4.79 Å². The number of benzene rings is 1. The number of aryl methyl sites for hydroxylation is 2. The average molecular weight is 241 g/mol. The number of nitriles is 2. The lowest BCUT2D eigenvalue weighted by Gasteiger charge is -2.14. The van der Waals surface area contributed by atoms with Gasteiger partial charge < -0.3 is 0 Å². The summed E-state index contributed by atoms with van der Waals surface area (Å²) in [4.78, 5) is 13.5. The molecule has 0 aliphatic rings. The highest BCUT2D eigenvalue weighted by Crippen LogP contribution is 2.10. The molecule has 0 heterocycles. The summed E-state index contributed by atoms with van der Waals surface area (Å²) in [6, 6.07) is 9.43. The van der Waals surface area contributed by atoms with E-state index in [0.717, 1.165) is 11.1 Å². The summed E-state index contributed by atoms with van der Waals surface area (Å²) in [7, 11) is 0. The maximum absolute atomic E-state index is 12.0. The van der Waals surface area contributed by atoms with Crippen LogP contribution in [0.25, 0.3) is 0 Å². The van der Waals surface area contributed by atoms with E-state index < -0.39 is 0 Å². The molecular formula is C14H15N3O. The molecule has 92 valence electrons. The van der Waals surface area contributed by atoms with Crippen LogP contribution in [-0.4, -0.2) is 30.3 Å². The third-order valence-corrected chi connectivity index (χ3v) is 2.78. The maximum Gasteiger partial charge on any atom is 0.176 e. The first-order chi connectivity index (χ1) is 8.58. The Balaban J connectivity index is 2.78. The largest absolute Gasteiger partial charge is 0.293 e. The van der Waals surface area contributed by atoms with Gasteiger partial charge in [0.2, 0.25) is 0 Å². The van der Waals surface area contributed by atoms with Crippen LogP contribution in [0.5, 0.6) is 0 Å². The van der Waals surface area contributed by atoms with Crippen molar-refractivity contribution in [2.75, 3.05) is 19.6 Å². The van der Waals surface area contributed by atoms with Gasteiger partial charge in [-0.3, -0.25) is 9.69 Å². The molecular weight excluding hydrogens is 226 g/mol. The number of carbonyl (C=O) groups excluding carboxylic acids is 1. The molecule has 0 unspecified atom stereocenters. The predicted molar refractivity (Wildman–Crippen MR) is 67.9 cm³/mol. The first-order valence-corrected chi connectivity index (χ1v) is 5.65. The molecule has 0 saturated carbocycles. The fourth-order valence-electron chi connectivity index (χ4n) is 1.58. The van der Waals surface area contributed by atoms with Crippen molar-refractivity contribution in [3.8, 4) is 12.1 Å². The molecule has 4 heteroatoms. The van der Waals surface area contributed by atoms with E-state index in [2.05, 4.69) is 0 Å². The Morgan fingerprint density at radius 2 is 1.78 bits per heavy atom. The van der Waals surface area contributed by atoms with Crippen LogP contribution in [0.1, 0.15) is 21.5 Å². The maximum atomic E-state index is 12.0. The monoisotopic (exact) mass is 241 g/mol. The van der Waals surface area contributed by atoms with Crippen LogP contribution >= 0.6 is 0 Å². The fraction of sp³-hybridized carbons (Fsp3) is 0.357. The van der Waals surface area contributed by atoms with E-state index in [4.69, 9.17) is 10.5 Å². The zero-order chi connectivity index (χ0) is 13.5. The smallest absolute Gasteiger partial charge is 0.176 e. The van der Waals surface area contributed by atoms with E-state index in [1.807, 2.05) is 38.1 Å². The minimum absolute atomic E-state index is 0.0661. The molecule has 18 heavy (non-hydrogen) atoms. The first-order valence-electron chi connectivity index (χ1n) is 5.65. The summed E-state index contributed by atoms with van der Waals surface area (Å²) in [5, 5.41) is 17.2. The van der Waals surface area contributed by atoms with Gasteiger partial charge in [0.15, 0.2) is 5.78 Å². The Labute approximate surface area is 107 Å². The lowest BCUT2D eigenvalue weighted by molar-refractivity contribution is 0.0946. The number of ketones is 1. The van der Waals surface area contributed by atoms with E-state index in [0.29, 0.717) is 5.56 Å². The summed E-state index contributed by atoms with van der Waals surface area (Å²) in [5.41, 5.74) is 2.82. The molecule has 4 nitrogen and oxygen atoms in total. The van der Waals surface area contributed by atoms with Gasteiger partial charge in [-0.1, -0.05) is 12.1 Å². The van der Waals surface area contributed by atoms with Crippen LogP contribution in [0.15, 0.2) is 18.2 Å². The van der Waals surface area contributed by atoms with Gasteiger partial charge in [0, 0.05) is 5.56 Å². The molecule has 0 radical (unpaired) electrons. The molecule has 0 amide bonds. The second kappa shape index (κ2) is 6.54. The van der Waals surface area contributed by atoms with Crippen molar-refractivity contribution in [1.82, 2.24) is 4.90 Å². The first kappa shape index (κ1) is 13.9. The van der Waals surface area contributed by atoms with Crippen LogP contribution in [0.3, 0.4) is 0 Å². The molecule has 0 spiro atoms. The summed E-state index contributed by atoms with van der Waals surface area (Å²) < 4.78 is 0. The number of Topliss-reactive ketones (excluding diaryl/α,β-unsaturated/α-hetero) is 1. The molecule has 0 fully saturated rings. The Bertz CT molecular complexity index is 507. The number of hydrogen-bond donors (Lipinski definition) is 0. The normalized spacial score (nSPS) is 9.83. The molecule has 0 aromatic heterocycles. The lowest BCUT2D eigenvalue weighted by atomic mass is 10.0. The van der Waals surface area contributed by atoms with Gasteiger partial charge in [0.25, 0.3) is 0 Å². The van der Waals surface area contributed by atoms with E-state index in [1.165, 1.54) is 4.90 Å². The quantitative estimate of drug-likeness (QED) is 0.582. The van der Waals surface area contributed by atoms with Gasteiger partial charge in [-0.05, 0) is 31.0 Å². The number of rotatable bonds is 5. The van der Waals surface area contributed by atoms with Crippen molar-refractivity contribution in [2.24, 2.45) is 0 Å². The Kier molecular flexibility index (Phi) is 5.05. The van der Waals surface area contributed by atoms with Crippen LogP contribution in [-0.2, 0) is 0 Å². The summed E-state index contributed by atoms with van der Waals surface area (Å²) in [5.74, 6) is -0.0661. The van der Waals surface area contributed by atoms with E-state index >= 15 is 0 Å². The van der Waals surface area contributed by atoms with Crippen LogP contribution in [0, 0.1) is 36.5 Å². The van der Waals surface area contributed by atoms with Crippen molar-refractivity contribution in [3.63, 3.8) is 0 Å². The standard InChI is InChI=1S/C14H15N3O/c1-11-3-4-13(9-12(11)2)14(18)10-17(7-5-15)8-6-16/h3-4,9H,7-8,10H2,1-2H3. The molecule has 1 aromatic rings. The molecule has 0 bridgehead atoms. The third kappa shape index (κ3) is 3.69. The summed E-state index contributed by atoms with van der Waals surface area (Å²) >= 11 is 0. The molecule has 0 saturated heterocycles. The summed E-state index contributed by atoms with van der Waals surface area (Å²) in [6.07, 6.45) is 0.